The van der Waals surface area contributed by atoms with Gasteiger partial charge in [-0.1, -0.05) is 35.7 Å². The number of anilines is 1. The lowest BCUT2D eigenvalue weighted by molar-refractivity contribution is -0.134. The highest BCUT2D eigenvalue weighted by atomic mass is 32.3. The Kier molecular flexibility index (Phi) is 5.15. The molecule has 1 aromatic carbocycles. The first-order valence-corrected chi connectivity index (χ1v) is 7.95. The summed E-state index contributed by atoms with van der Waals surface area (Å²) in [6, 6.07) is 6.82. The van der Waals surface area contributed by atoms with Gasteiger partial charge < -0.3 is 15.2 Å². The Bertz CT molecular complexity index is 663. The van der Waals surface area contributed by atoms with E-state index in [2.05, 4.69) is 5.32 Å². The zero-order valence-electron chi connectivity index (χ0n) is 11.8. The summed E-state index contributed by atoms with van der Waals surface area (Å²) in [5, 5.41) is 11.5. The number of carbonyl (C=O) groups excluding carboxylic acids is 2. The highest BCUT2D eigenvalue weighted by Gasteiger charge is 2.37. The smallest absolute Gasteiger partial charge is 0.327 e. The molecule has 22 heavy (non-hydrogen) atoms. The fourth-order valence-electron chi connectivity index (χ4n) is 1.75. The Hall–Kier alpha value is -1.93. The number of carboxylic acids is 1. The molecule has 0 spiro atoms. The van der Waals surface area contributed by atoms with E-state index in [0.717, 1.165) is 23.5 Å². The van der Waals surface area contributed by atoms with Gasteiger partial charge in [-0.15, -0.1) is 0 Å². The minimum Gasteiger partial charge on any atom is -0.495 e. The molecule has 8 heteroatoms. The average molecular weight is 339 g/mol. The highest BCUT2D eigenvalue weighted by molar-refractivity contribution is 8.39. The van der Waals surface area contributed by atoms with Crippen LogP contribution in [0, 0.1) is 0 Å². The van der Waals surface area contributed by atoms with Gasteiger partial charge >= 0.3 is 5.97 Å². The Morgan fingerprint density at radius 3 is 2.41 bits per heavy atom. The lowest BCUT2D eigenvalue weighted by atomic mass is 10.2. The molecular weight excluding hydrogens is 326 g/mol. The predicted octanol–water partition coefficient (Wildman–Crippen LogP) is 2.32. The number of rotatable bonds is 5. The number of ether oxygens (including phenoxy) is 1. The third kappa shape index (κ3) is 3.45. The number of nitrogens with one attached hydrogen (secondary N) is 1. The van der Waals surface area contributed by atoms with Crippen molar-refractivity contribution in [3.05, 3.63) is 34.1 Å². The maximum Gasteiger partial charge on any atom is 0.327 e. The van der Waals surface area contributed by atoms with Crippen LogP contribution in [0.15, 0.2) is 34.1 Å². The highest BCUT2D eigenvalue weighted by Crippen LogP contribution is 2.52. The molecule has 1 heterocycles. The molecule has 0 bridgehead atoms. The van der Waals surface area contributed by atoms with Crippen LogP contribution >= 0.6 is 23.5 Å². The van der Waals surface area contributed by atoms with Crippen LogP contribution in [0.25, 0.3) is 0 Å². The number of methoxy groups -OCH3 is 1. The van der Waals surface area contributed by atoms with Gasteiger partial charge in [-0.2, -0.15) is 0 Å². The molecule has 0 aromatic heterocycles. The molecule has 2 rings (SSSR count). The summed E-state index contributed by atoms with van der Waals surface area (Å²) in [5.74, 6) is -1.49. The zero-order valence-corrected chi connectivity index (χ0v) is 13.4. The fourth-order valence-corrected chi connectivity index (χ4v) is 3.93. The Labute approximate surface area is 135 Å². The summed E-state index contributed by atoms with van der Waals surface area (Å²) in [5.41, 5.74) is 0.414. The van der Waals surface area contributed by atoms with E-state index in [1.807, 2.05) is 0 Å². The lowest BCUT2D eigenvalue weighted by Gasteiger charge is -2.25. The van der Waals surface area contributed by atoms with Crippen molar-refractivity contribution in [2.75, 3.05) is 12.4 Å². The Morgan fingerprint density at radius 1 is 1.23 bits per heavy atom. The fraction of sp³-hybridized carbons (Fsp3) is 0.214. The second kappa shape index (κ2) is 6.89. The number of thioether (sulfide) groups is 2. The third-order valence-electron chi connectivity index (χ3n) is 2.77. The van der Waals surface area contributed by atoms with Crippen molar-refractivity contribution in [1.29, 1.82) is 0 Å². The molecule has 1 aliphatic rings. The van der Waals surface area contributed by atoms with Crippen LogP contribution in [0.1, 0.15) is 6.92 Å². The van der Waals surface area contributed by atoms with E-state index in [-0.39, 0.29) is 5.57 Å². The maximum atomic E-state index is 12.3. The molecule has 6 nitrogen and oxygen atoms in total. The minimum atomic E-state index is -0.980. The van der Waals surface area contributed by atoms with Crippen LogP contribution in [0.4, 0.5) is 5.69 Å². The molecule has 0 atom stereocenters. The van der Waals surface area contributed by atoms with Crippen molar-refractivity contribution in [2.24, 2.45) is 0 Å². The van der Waals surface area contributed by atoms with Crippen LogP contribution in [-0.4, -0.2) is 34.5 Å². The van der Waals surface area contributed by atoms with Gasteiger partial charge in [-0.25, -0.2) is 0 Å². The van der Waals surface area contributed by atoms with Gasteiger partial charge in [-0.3, -0.25) is 14.4 Å². The summed E-state index contributed by atoms with van der Waals surface area (Å²) in [4.78, 5) is 34.8. The molecule has 1 amide bonds. The molecule has 0 saturated carbocycles. The van der Waals surface area contributed by atoms with Crippen molar-refractivity contribution >= 4 is 46.9 Å². The molecule has 1 aromatic rings. The molecule has 1 aliphatic heterocycles. The van der Waals surface area contributed by atoms with Crippen LogP contribution in [0.2, 0.25) is 0 Å². The van der Waals surface area contributed by atoms with Crippen LogP contribution < -0.4 is 10.1 Å². The van der Waals surface area contributed by atoms with Gasteiger partial charge in [0, 0.05) is 0 Å². The van der Waals surface area contributed by atoms with Crippen LogP contribution in [-0.2, 0) is 14.4 Å². The second-order valence-electron chi connectivity index (χ2n) is 4.28. The van der Waals surface area contributed by atoms with E-state index in [4.69, 9.17) is 9.84 Å². The van der Waals surface area contributed by atoms with E-state index in [9.17, 15) is 14.4 Å². The average Bonchev–Trinajstić information content (AvgIpc) is 2.41. The molecule has 116 valence electrons. The van der Waals surface area contributed by atoms with Gasteiger partial charge in [0.2, 0.25) is 0 Å². The number of amides is 1. The molecule has 0 aliphatic carbocycles. The summed E-state index contributed by atoms with van der Waals surface area (Å²) in [6.07, 6.45) is 0. The Morgan fingerprint density at radius 2 is 1.86 bits per heavy atom. The summed E-state index contributed by atoms with van der Waals surface area (Å²) in [6.45, 7) is 1.28. The Balaban J connectivity index is 2.20. The molecule has 0 unspecified atom stereocenters. The number of ketones is 1. The van der Waals surface area contributed by atoms with Crippen molar-refractivity contribution in [2.45, 2.75) is 11.5 Å². The van der Waals surface area contributed by atoms with Crippen molar-refractivity contribution in [3.63, 3.8) is 0 Å². The molecule has 1 saturated heterocycles. The lowest BCUT2D eigenvalue weighted by Crippen LogP contribution is -2.25. The van der Waals surface area contributed by atoms with E-state index >= 15 is 0 Å². The molecule has 0 radical (unpaired) electrons. The number of para-hydroxylation sites is 2. The van der Waals surface area contributed by atoms with Crippen molar-refractivity contribution < 1.29 is 24.2 Å². The summed E-state index contributed by atoms with van der Waals surface area (Å²) >= 11 is 1.99. The van der Waals surface area contributed by atoms with Crippen molar-refractivity contribution in [1.82, 2.24) is 0 Å². The van der Waals surface area contributed by atoms with Crippen LogP contribution in [0.5, 0.6) is 5.75 Å². The van der Waals surface area contributed by atoms with E-state index in [1.54, 1.807) is 24.3 Å². The first-order valence-electron chi connectivity index (χ1n) is 6.19. The second-order valence-corrected chi connectivity index (χ2v) is 7.07. The first-order chi connectivity index (χ1) is 10.4. The molecule has 1 fully saturated rings. The van der Waals surface area contributed by atoms with Gasteiger partial charge in [0.15, 0.2) is 10.4 Å². The van der Waals surface area contributed by atoms with Gasteiger partial charge in [0.25, 0.3) is 5.91 Å². The number of hydrogen-bond donors (Lipinski definition) is 2. The number of Topliss-reactive ketones (excluding diaryl/α,β-unsaturated/α-hetero) is 1. The van der Waals surface area contributed by atoms with Gasteiger partial charge in [-0.05, 0) is 19.1 Å². The quantitative estimate of drug-likeness (QED) is 0.483. The van der Waals surface area contributed by atoms with E-state index < -0.39 is 22.2 Å². The monoisotopic (exact) mass is 339 g/mol. The number of hydrogen-bond acceptors (Lipinski definition) is 6. The first kappa shape index (κ1) is 16.4. The third-order valence-corrected chi connectivity index (χ3v) is 5.59. The normalized spacial score (nSPS) is 16.5. The van der Waals surface area contributed by atoms with Crippen LogP contribution in [0.3, 0.4) is 0 Å². The molecule has 2 N–H and O–H groups in total. The SMILES string of the molecule is COc1ccccc1NC(=O)C(C(C)=O)=C1SC(C(=O)O)S1. The maximum absolute atomic E-state index is 12.3. The standard InChI is InChI=1S/C14H13NO5S2/c1-7(16)10(13-21-14(22-13)12(18)19)11(17)15-8-5-3-4-6-9(8)20-2/h3-6,14H,1-2H3,(H,15,17)(H,18,19). The van der Waals surface area contributed by atoms with E-state index in [1.165, 1.54) is 14.0 Å². The van der Waals surface area contributed by atoms with Crippen molar-refractivity contribution in [3.8, 4) is 5.75 Å². The number of benzene rings is 1. The predicted molar refractivity (Wildman–Crippen MR) is 85.9 cm³/mol. The summed E-state index contributed by atoms with van der Waals surface area (Å²) < 4.78 is 4.88. The topological polar surface area (TPSA) is 92.7 Å². The zero-order chi connectivity index (χ0) is 16.3. The number of carboxylic acid groups (broad SMARTS) is 1. The van der Waals surface area contributed by atoms with E-state index in [0.29, 0.717) is 15.7 Å². The number of aliphatic carboxylic acids is 1. The summed E-state index contributed by atoms with van der Waals surface area (Å²) in [7, 11) is 1.48. The number of carbonyl (C=O) groups is 3. The molecular formula is C14H13NO5S2. The van der Waals surface area contributed by atoms with Gasteiger partial charge in [0.1, 0.15) is 11.3 Å². The largest absolute Gasteiger partial charge is 0.495 e. The van der Waals surface area contributed by atoms with Gasteiger partial charge in [0.05, 0.1) is 17.0 Å². The minimum absolute atomic E-state index is 0.0293.